The fraction of sp³-hybridized carbons (Fsp3) is 0.538. The summed E-state index contributed by atoms with van der Waals surface area (Å²) >= 11 is 0. The first kappa shape index (κ1) is 14.2. The van der Waals surface area contributed by atoms with Crippen LogP contribution >= 0.6 is 0 Å². The van der Waals surface area contributed by atoms with Gasteiger partial charge in [-0.15, -0.1) is 0 Å². The second-order valence-electron chi connectivity index (χ2n) is 4.85. The highest BCUT2D eigenvalue weighted by Crippen LogP contribution is 2.13. The van der Waals surface area contributed by atoms with E-state index in [1.165, 1.54) is 0 Å². The Labute approximate surface area is 104 Å². The maximum Gasteiger partial charge on any atom is 0.154 e. The highest BCUT2D eigenvalue weighted by atomic mass is 32.2. The Morgan fingerprint density at radius 2 is 1.71 bits per heavy atom. The molecule has 1 aromatic carbocycles. The molecule has 3 nitrogen and oxygen atoms in total. The van der Waals surface area contributed by atoms with E-state index < -0.39 is 9.84 Å². The summed E-state index contributed by atoms with van der Waals surface area (Å²) in [5.41, 5.74) is 8.64. The first-order chi connectivity index (χ1) is 7.78. The van der Waals surface area contributed by atoms with Crippen LogP contribution in [0.5, 0.6) is 0 Å². The Hall–Kier alpha value is -0.870. The van der Waals surface area contributed by atoms with Gasteiger partial charge in [0.05, 0.1) is 11.5 Å². The highest BCUT2D eigenvalue weighted by Gasteiger charge is 2.13. The molecule has 1 rings (SSSR count). The second kappa shape index (κ2) is 5.65. The molecule has 4 heteroatoms. The third kappa shape index (κ3) is 5.33. The van der Waals surface area contributed by atoms with Crippen molar-refractivity contribution in [3.05, 3.63) is 34.9 Å². The fourth-order valence-electron chi connectivity index (χ4n) is 1.84. The van der Waals surface area contributed by atoms with Gasteiger partial charge in [-0.05, 0) is 32.8 Å². The van der Waals surface area contributed by atoms with Crippen molar-refractivity contribution < 1.29 is 8.42 Å². The van der Waals surface area contributed by atoms with Crippen LogP contribution in [0.25, 0.3) is 0 Å². The van der Waals surface area contributed by atoms with Gasteiger partial charge in [-0.2, -0.15) is 0 Å². The molecule has 0 spiro atoms. The average molecular weight is 255 g/mol. The SMILES string of the molecule is Cc1cc(C)cc(CS(=O)(=O)CCC(C)N)c1. The van der Waals surface area contributed by atoms with E-state index in [2.05, 4.69) is 0 Å². The minimum Gasteiger partial charge on any atom is -0.328 e. The third-order valence-corrected chi connectivity index (χ3v) is 4.18. The first-order valence-corrected chi connectivity index (χ1v) is 7.64. The molecule has 0 aliphatic heterocycles. The summed E-state index contributed by atoms with van der Waals surface area (Å²) in [5.74, 6) is 0.278. The molecule has 0 heterocycles. The number of rotatable bonds is 5. The van der Waals surface area contributed by atoms with Crippen LogP contribution in [0.3, 0.4) is 0 Å². The van der Waals surface area contributed by atoms with Crippen molar-refractivity contribution in [1.29, 1.82) is 0 Å². The lowest BCUT2D eigenvalue weighted by atomic mass is 10.1. The van der Waals surface area contributed by atoms with Gasteiger partial charge in [0.2, 0.25) is 0 Å². The number of hydrogen-bond acceptors (Lipinski definition) is 3. The van der Waals surface area contributed by atoms with Gasteiger partial charge in [0.25, 0.3) is 0 Å². The lowest BCUT2D eigenvalue weighted by Crippen LogP contribution is -2.20. The molecule has 96 valence electrons. The molecule has 0 radical (unpaired) electrons. The van der Waals surface area contributed by atoms with Crippen molar-refractivity contribution in [3.63, 3.8) is 0 Å². The zero-order valence-corrected chi connectivity index (χ0v) is 11.5. The number of benzene rings is 1. The fourth-order valence-corrected chi connectivity index (χ4v) is 3.39. The van der Waals surface area contributed by atoms with Crippen LogP contribution < -0.4 is 5.73 Å². The number of sulfone groups is 1. The maximum atomic E-state index is 11.9. The minimum absolute atomic E-state index is 0.0657. The Morgan fingerprint density at radius 3 is 2.18 bits per heavy atom. The van der Waals surface area contributed by atoms with Crippen LogP contribution in [-0.2, 0) is 15.6 Å². The van der Waals surface area contributed by atoms with E-state index in [0.29, 0.717) is 6.42 Å². The second-order valence-corrected chi connectivity index (χ2v) is 7.04. The topological polar surface area (TPSA) is 60.2 Å². The summed E-state index contributed by atoms with van der Waals surface area (Å²) in [4.78, 5) is 0. The molecule has 1 aromatic rings. The normalized spacial score (nSPS) is 13.6. The van der Waals surface area contributed by atoms with Gasteiger partial charge in [-0.3, -0.25) is 0 Å². The molecule has 0 fully saturated rings. The Bertz CT molecular complexity index is 458. The number of nitrogens with two attached hydrogens (primary N) is 1. The number of aryl methyl sites for hydroxylation is 2. The largest absolute Gasteiger partial charge is 0.328 e. The first-order valence-electron chi connectivity index (χ1n) is 5.82. The highest BCUT2D eigenvalue weighted by molar-refractivity contribution is 7.90. The Morgan fingerprint density at radius 1 is 1.18 bits per heavy atom. The van der Waals surface area contributed by atoms with Crippen molar-refractivity contribution in [2.75, 3.05) is 5.75 Å². The predicted molar refractivity (Wildman–Crippen MR) is 71.7 cm³/mol. The molecule has 0 aromatic heterocycles. The molecular formula is C13H21NO2S. The lowest BCUT2D eigenvalue weighted by molar-refractivity contribution is 0.586. The average Bonchev–Trinajstić information content (AvgIpc) is 2.12. The van der Waals surface area contributed by atoms with E-state index in [4.69, 9.17) is 5.73 Å². The third-order valence-electron chi connectivity index (χ3n) is 2.55. The Balaban J connectivity index is 2.76. The van der Waals surface area contributed by atoms with Crippen molar-refractivity contribution in [1.82, 2.24) is 0 Å². The maximum absolute atomic E-state index is 11.9. The van der Waals surface area contributed by atoms with E-state index in [-0.39, 0.29) is 17.5 Å². The molecule has 0 aliphatic rings. The van der Waals surface area contributed by atoms with Crippen molar-refractivity contribution in [2.45, 2.75) is 39.0 Å². The van der Waals surface area contributed by atoms with Crippen molar-refractivity contribution in [3.8, 4) is 0 Å². The molecule has 1 atom stereocenters. The quantitative estimate of drug-likeness (QED) is 0.875. The van der Waals surface area contributed by atoms with Crippen LogP contribution in [0, 0.1) is 13.8 Å². The Kier molecular flexibility index (Phi) is 4.71. The van der Waals surface area contributed by atoms with Crippen molar-refractivity contribution >= 4 is 9.84 Å². The van der Waals surface area contributed by atoms with E-state index in [9.17, 15) is 8.42 Å². The van der Waals surface area contributed by atoms with Crippen LogP contribution in [0.4, 0.5) is 0 Å². The van der Waals surface area contributed by atoms with Gasteiger partial charge < -0.3 is 5.73 Å². The summed E-state index contributed by atoms with van der Waals surface area (Å²) < 4.78 is 23.7. The van der Waals surface area contributed by atoms with Gasteiger partial charge in [-0.1, -0.05) is 29.3 Å². The van der Waals surface area contributed by atoms with Crippen molar-refractivity contribution in [2.24, 2.45) is 5.73 Å². The standard InChI is InChI=1S/C13H21NO2S/c1-10-6-11(2)8-13(7-10)9-17(15,16)5-4-12(3)14/h6-8,12H,4-5,9,14H2,1-3H3. The number of hydrogen-bond donors (Lipinski definition) is 1. The van der Waals surface area contributed by atoms with Crippen LogP contribution in [0.2, 0.25) is 0 Å². The van der Waals surface area contributed by atoms with E-state index in [1.807, 2.05) is 39.0 Å². The lowest BCUT2D eigenvalue weighted by Gasteiger charge is -2.08. The molecule has 0 saturated carbocycles. The van der Waals surface area contributed by atoms with E-state index in [1.54, 1.807) is 0 Å². The minimum atomic E-state index is -3.04. The summed E-state index contributed by atoms with van der Waals surface area (Å²) in [6.45, 7) is 5.78. The predicted octanol–water partition coefficient (Wildman–Crippen LogP) is 1.96. The molecule has 2 N–H and O–H groups in total. The summed E-state index contributed by atoms with van der Waals surface area (Å²) in [6, 6.07) is 5.83. The van der Waals surface area contributed by atoms with Crippen LogP contribution in [0.1, 0.15) is 30.0 Å². The molecule has 0 saturated heterocycles. The van der Waals surface area contributed by atoms with Gasteiger partial charge in [0, 0.05) is 6.04 Å². The van der Waals surface area contributed by atoms with Crippen LogP contribution in [0.15, 0.2) is 18.2 Å². The zero-order chi connectivity index (χ0) is 13.1. The van der Waals surface area contributed by atoms with E-state index in [0.717, 1.165) is 16.7 Å². The van der Waals surface area contributed by atoms with Gasteiger partial charge >= 0.3 is 0 Å². The summed E-state index contributed by atoms with van der Waals surface area (Å²) in [5, 5.41) is 0. The molecule has 17 heavy (non-hydrogen) atoms. The zero-order valence-electron chi connectivity index (χ0n) is 10.7. The molecule has 1 unspecified atom stereocenters. The van der Waals surface area contributed by atoms with E-state index >= 15 is 0 Å². The smallest absolute Gasteiger partial charge is 0.154 e. The molecule has 0 aliphatic carbocycles. The van der Waals surface area contributed by atoms with Gasteiger partial charge in [0.1, 0.15) is 0 Å². The summed E-state index contributed by atoms with van der Waals surface area (Å²) in [6.07, 6.45) is 0.521. The molecule has 0 amide bonds. The van der Waals surface area contributed by atoms with Gasteiger partial charge in [-0.25, -0.2) is 8.42 Å². The monoisotopic (exact) mass is 255 g/mol. The molecular weight excluding hydrogens is 234 g/mol. The molecule has 0 bridgehead atoms. The van der Waals surface area contributed by atoms with Gasteiger partial charge in [0.15, 0.2) is 9.84 Å². The summed E-state index contributed by atoms with van der Waals surface area (Å²) in [7, 11) is -3.04. The van der Waals surface area contributed by atoms with Crippen LogP contribution in [-0.4, -0.2) is 20.2 Å².